The van der Waals surface area contributed by atoms with Crippen molar-refractivity contribution in [1.82, 2.24) is 9.78 Å². The number of rotatable bonds is 6. The molecule has 0 fully saturated rings. The van der Waals surface area contributed by atoms with Gasteiger partial charge in [-0.3, -0.25) is 4.68 Å². The molecule has 0 aliphatic heterocycles. The van der Waals surface area contributed by atoms with Gasteiger partial charge in [0.2, 0.25) is 0 Å². The van der Waals surface area contributed by atoms with Crippen molar-refractivity contribution < 1.29 is 9.47 Å². The minimum absolute atomic E-state index is 0.494. The molecule has 3 rings (SSSR count). The van der Waals surface area contributed by atoms with Crippen LogP contribution in [-0.2, 0) is 13.2 Å². The highest BCUT2D eigenvalue weighted by Crippen LogP contribution is 2.16. The van der Waals surface area contributed by atoms with Gasteiger partial charge in [-0.1, -0.05) is 42.5 Å². The van der Waals surface area contributed by atoms with E-state index in [2.05, 4.69) is 17.2 Å². The van der Waals surface area contributed by atoms with Gasteiger partial charge in [-0.25, -0.2) is 0 Å². The summed E-state index contributed by atoms with van der Waals surface area (Å²) in [5.41, 5.74) is 2.28. The SMILES string of the molecule is COc1cccc(COc2cnn(Cc3ccccc3)c2)c1. The van der Waals surface area contributed by atoms with Crippen molar-refractivity contribution in [3.63, 3.8) is 0 Å². The van der Waals surface area contributed by atoms with E-state index in [4.69, 9.17) is 9.47 Å². The van der Waals surface area contributed by atoms with Gasteiger partial charge in [0, 0.05) is 0 Å². The van der Waals surface area contributed by atoms with E-state index >= 15 is 0 Å². The summed E-state index contributed by atoms with van der Waals surface area (Å²) in [6.45, 7) is 1.23. The molecule has 0 saturated heterocycles. The number of aromatic nitrogens is 2. The molecule has 0 spiro atoms. The molecule has 0 amide bonds. The first-order chi connectivity index (χ1) is 10.8. The van der Waals surface area contributed by atoms with Crippen molar-refractivity contribution in [1.29, 1.82) is 0 Å². The standard InChI is InChI=1S/C18H18N2O2/c1-21-17-9-5-8-16(10-17)14-22-18-11-19-20(13-18)12-15-6-3-2-4-7-15/h2-11,13H,12,14H2,1H3. The molecule has 0 bridgehead atoms. The van der Waals surface area contributed by atoms with Gasteiger partial charge in [-0.05, 0) is 23.3 Å². The van der Waals surface area contributed by atoms with Gasteiger partial charge in [0.1, 0.15) is 12.4 Å². The van der Waals surface area contributed by atoms with Gasteiger partial charge >= 0.3 is 0 Å². The second-order valence-electron chi connectivity index (χ2n) is 5.00. The first-order valence-electron chi connectivity index (χ1n) is 7.15. The van der Waals surface area contributed by atoms with E-state index in [1.807, 2.05) is 53.3 Å². The zero-order valence-electron chi connectivity index (χ0n) is 12.5. The van der Waals surface area contributed by atoms with Crippen LogP contribution in [0.4, 0.5) is 0 Å². The first-order valence-corrected chi connectivity index (χ1v) is 7.15. The molecule has 4 heteroatoms. The first kappa shape index (κ1) is 14.2. The molecule has 1 aromatic heterocycles. The van der Waals surface area contributed by atoms with Crippen molar-refractivity contribution in [2.24, 2.45) is 0 Å². The summed E-state index contributed by atoms with van der Waals surface area (Å²) >= 11 is 0. The van der Waals surface area contributed by atoms with E-state index < -0.39 is 0 Å². The predicted molar refractivity (Wildman–Crippen MR) is 85.1 cm³/mol. The van der Waals surface area contributed by atoms with E-state index in [0.29, 0.717) is 6.61 Å². The molecule has 112 valence electrons. The van der Waals surface area contributed by atoms with Crippen molar-refractivity contribution in [2.45, 2.75) is 13.2 Å². The highest BCUT2D eigenvalue weighted by atomic mass is 16.5. The lowest BCUT2D eigenvalue weighted by molar-refractivity contribution is 0.305. The molecule has 0 radical (unpaired) electrons. The molecule has 0 N–H and O–H groups in total. The Morgan fingerprint density at radius 2 is 1.77 bits per heavy atom. The quantitative estimate of drug-likeness (QED) is 0.698. The van der Waals surface area contributed by atoms with Crippen LogP contribution >= 0.6 is 0 Å². The fraction of sp³-hybridized carbons (Fsp3) is 0.167. The molecule has 0 unspecified atom stereocenters. The van der Waals surface area contributed by atoms with Crippen LogP contribution in [0.2, 0.25) is 0 Å². The van der Waals surface area contributed by atoms with Gasteiger partial charge in [-0.2, -0.15) is 5.10 Å². The second kappa shape index (κ2) is 6.80. The summed E-state index contributed by atoms with van der Waals surface area (Å²) in [5.74, 6) is 1.60. The minimum atomic E-state index is 0.494. The number of nitrogens with zero attached hydrogens (tertiary/aromatic N) is 2. The third-order valence-corrected chi connectivity index (χ3v) is 3.34. The average molecular weight is 294 g/mol. The van der Waals surface area contributed by atoms with Crippen molar-refractivity contribution in [3.8, 4) is 11.5 Å². The smallest absolute Gasteiger partial charge is 0.157 e. The Hall–Kier alpha value is -2.75. The third-order valence-electron chi connectivity index (χ3n) is 3.34. The maximum atomic E-state index is 5.77. The maximum Gasteiger partial charge on any atom is 0.157 e. The Morgan fingerprint density at radius 3 is 2.59 bits per heavy atom. The third kappa shape index (κ3) is 3.67. The van der Waals surface area contributed by atoms with E-state index in [1.165, 1.54) is 5.56 Å². The number of hydrogen-bond donors (Lipinski definition) is 0. The maximum absolute atomic E-state index is 5.77. The second-order valence-corrected chi connectivity index (χ2v) is 5.00. The Morgan fingerprint density at radius 1 is 0.955 bits per heavy atom. The normalized spacial score (nSPS) is 10.4. The molecule has 2 aromatic carbocycles. The predicted octanol–water partition coefficient (Wildman–Crippen LogP) is 3.52. The number of ether oxygens (including phenoxy) is 2. The van der Waals surface area contributed by atoms with Gasteiger partial charge in [0.25, 0.3) is 0 Å². The van der Waals surface area contributed by atoms with Crippen LogP contribution in [0.3, 0.4) is 0 Å². The molecular weight excluding hydrogens is 276 g/mol. The van der Waals surface area contributed by atoms with E-state index in [0.717, 1.165) is 23.6 Å². The number of methoxy groups -OCH3 is 1. The van der Waals surface area contributed by atoms with Crippen molar-refractivity contribution in [3.05, 3.63) is 78.1 Å². The molecule has 4 nitrogen and oxygen atoms in total. The van der Waals surface area contributed by atoms with E-state index in [1.54, 1.807) is 13.3 Å². The molecule has 0 saturated carbocycles. The lowest BCUT2D eigenvalue weighted by Crippen LogP contribution is -1.99. The zero-order chi connectivity index (χ0) is 15.2. The van der Waals surface area contributed by atoms with Crippen LogP contribution in [0.25, 0.3) is 0 Å². The van der Waals surface area contributed by atoms with Crippen LogP contribution in [0.5, 0.6) is 11.5 Å². The molecule has 22 heavy (non-hydrogen) atoms. The van der Waals surface area contributed by atoms with Crippen LogP contribution in [0.1, 0.15) is 11.1 Å². The molecular formula is C18H18N2O2. The molecule has 3 aromatic rings. The monoisotopic (exact) mass is 294 g/mol. The van der Waals surface area contributed by atoms with Crippen molar-refractivity contribution in [2.75, 3.05) is 7.11 Å². The highest BCUT2D eigenvalue weighted by molar-refractivity contribution is 5.28. The summed E-state index contributed by atoms with van der Waals surface area (Å²) in [7, 11) is 1.66. The lowest BCUT2D eigenvalue weighted by Gasteiger charge is -2.05. The van der Waals surface area contributed by atoms with Gasteiger partial charge in [0.15, 0.2) is 5.75 Å². The Kier molecular flexibility index (Phi) is 4.39. The minimum Gasteiger partial charge on any atom is -0.497 e. The average Bonchev–Trinajstić information content (AvgIpc) is 3.01. The number of hydrogen-bond acceptors (Lipinski definition) is 3. The highest BCUT2D eigenvalue weighted by Gasteiger charge is 2.02. The van der Waals surface area contributed by atoms with Gasteiger partial charge in [0.05, 0.1) is 26.0 Å². The van der Waals surface area contributed by atoms with E-state index in [-0.39, 0.29) is 0 Å². The zero-order valence-corrected chi connectivity index (χ0v) is 12.5. The lowest BCUT2D eigenvalue weighted by atomic mass is 10.2. The largest absolute Gasteiger partial charge is 0.497 e. The molecule has 0 atom stereocenters. The fourth-order valence-corrected chi connectivity index (χ4v) is 2.20. The summed E-state index contributed by atoms with van der Waals surface area (Å²) < 4.78 is 12.8. The van der Waals surface area contributed by atoms with Crippen LogP contribution in [0.15, 0.2) is 67.0 Å². The van der Waals surface area contributed by atoms with Crippen LogP contribution in [-0.4, -0.2) is 16.9 Å². The number of benzene rings is 2. The molecule has 0 aliphatic rings. The summed E-state index contributed by atoms with van der Waals surface area (Å²) in [4.78, 5) is 0. The van der Waals surface area contributed by atoms with Crippen LogP contribution in [0, 0.1) is 0 Å². The summed E-state index contributed by atoms with van der Waals surface area (Å²) in [5, 5.41) is 4.32. The topological polar surface area (TPSA) is 36.3 Å². The Bertz CT molecular complexity index is 723. The summed E-state index contributed by atoms with van der Waals surface area (Å²) in [6, 6.07) is 18.1. The van der Waals surface area contributed by atoms with Gasteiger partial charge in [-0.15, -0.1) is 0 Å². The Labute approximate surface area is 129 Å². The van der Waals surface area contributed by atoms with Crippen molar-refractivity contribution >= 4 is 0 Å². The van der Waals surface area contributed by atoms with E-state index in [9.17, 15) is 0 Å². The van der Waals surface area contributed by atoms with Crippen LogP contribution < -0.4 is 9.47 Å². The molecule has 0 aliphatic carbocycles. The molecule has 1 heterocycles. The van der Waals surface area contributed by atoms with Gasteiger partial charge < -0.3 is 9.47 Å². The summed E-state index contributed by atoms with van der Waals surface area (Å²) in [6.07, 6.45) is 3.65. The fourth-order valence-electron chi connectivity index (χ4n) is 2.20. The Balaban J connectivity index is 1.59.